The Morgan fingerprint density at radius 1 is 1.13 bits per heavy atom. The first-order valence-electron chi connectivity index (χ1n) is 10.2. The highest BCUT2D eigenvalue weighted by Crippen LogP contribution is 2.49. The Kier molecular flexibility index (Phi) is 5.53. The number of nitrogens with two attached hydrogens (primary N) is 1. The fraction of sp³-hybridized carbons (Fsp3) is 0.348. The minimum Gasteiger partial charge on any atom is -0.491 e. The molecule has 0 saturated carbocycles. The van der Waals surface area contributed by atoms with Crippen LogP contribution in [0, 0.1) is 0 Å². The van der Waals surface area contributed by atoms with E-state index in [1.807, 2.05) is 50.4 Å². The monoisotopic (exact) mass is 428 g/mol. The predicted molar refractivity (Wildman–Crippen MR) is 123 cm³/mol. The fourth-order valence-electron chi connectivity index (χ4n) is 4.17. The number of amides is 1. The van der Waals surface area contributed by atoms with Crippen molar-refractivity contribution in [1.82, 2.24) is 4.98 Å². The van der Waals surface area contributed by atoms with Gasteiger partial charge < -0.3 is 15.5 Å². The standard InChI is InChI=1S/C23H28N2O4S/c1-14(2)29-18-5-3-15(4-6-18)17-11-19-21(16-7-9-30(27,28)10-8-16)13-25-22(19)20(12-17)23(24)26/h3-6,11-14,16,25,27-28H,7-10H2,1-2H3,(H2,24,26). The summed E-state index contributed by atoms with van der Waals surface area (Å²) in [5, 5.41) is 0.965. The molecule has 2 aromatic carbocycles. The first-order chi connectivity index (χ1) is 14.2. The summed E-state index contributed by atoms with van der Waals surface area (Å²) >= 11 is 0. The van der Waals surface area contributed by atoms with Crippen molar-refractivity contribution in [2.75, 3.05) is 11.5 Å². The van der Waals surface area contributed by atoms with Crippen LogP contribution in [0.25, 0.3) is 22.0 Å². The largest absolute Gasteiger partial charge is 0.491 e. The van der Waals surface area contributed by atoms with Gasteiger partial charge in [0, 0.05) is 23.1 Å². The molecule has 30 heavy (non-hydrogen) atoms. The molecule has 2 heterocycles. The van der Waals surface area contributed by atoms with E-state index in [1.165, 1.54) is 0 Å². The maximum Gasteiger partial charge on any atom is 0.250 e. The summed E-state index contributed by atoms with van der Waals surface area (Å²) in [6.45, 7) is 3.97. The molecule has 0 spiro atoms. The highest BCUT2D eigenvalue weighted by molar-refractivity contribution is 8.24. The average Bonchev–Trinajstić information content (AvgIpc) is 3.11. The maximum atomic E-state index is 12.2. The molecule has 0 aliphatic carbocycles. The van der Waals surface area contributed by atoms with Crippen LogP contribution in [-0.2, 0) is 0 Å². The smallest absolute Gasteiger partial charge is 0.250 e. The molecule has 4 rings (SSSR count). The Labute approximate surface area is 177 Å². The molecule has 160 valence electrons. The van der Waals surface area contributed by atoms with Crippen molar-refractivity contribution < 1.29 is 18.6 Å². The predicted octanol–water partition coefficient (Wildman–Crippen LogP) is 5.35. The number of primary amides is 1. The van der Waals surface area contributed by atoms with E-state index in [1.54, 1.807) is 0 Å². The van der Waals surface area contributed by atoms with Crippen LogP contribution in [0.2, 0.25) is 0 Å². The van der Waals surface area contributed by atoms with Gasteiger partial charge in [-0.25, -0.2) is 0 Å². The normalized spacial score (nSPS) is 17.9. The van der Waals surface area contributed by atoms with E-state index < -0.39 is 16.5 Å². The van der Waals surface area contributed by atoms with Crippen molar-refractivity contribution in [3.63, 3.8) is 0 Å². The molecule has 1 aromatic heterocycles. The van der Waals surface area contributed by atoms with Crippen molar-refractivity contribution in [2.45, 2.75) is 38.7 Å². The number of aromatic amines is 1. The zero-order valence-electron chi connectivity index (χ0n) is 17.2. The Balaban J connectivity index is 1.75. The van der Waals surface area contributed by atoms with Gasteiger partial charge >= 0.3 is 0 Å². The van der Waals surface area contributed by atoms with E-state index in [0.29, 0.717) is 29.9 Å². The summed E-state index contributed by atoms with van der Waals surface area (Å²) in [4.78, 5) is 15.4. The van der Waals surface area contributed by atoms with Gasteiger partial charge in [-0.05, 0) is 73.6 Å². The molecule has 0 radical (unpaired) electrons. The van der Waals surface area contributed by atoms with Crippen LogP contribution in [0.4, 0.5) is 0 Å². The molecule has 6 nitrogen and oxygen atoms in total. The van der Waals surface area contributed by atoms with Crippen LogP contribution in [0.1, 0.15) is 48.5 Å². The van der Waals surface area contributed by atoms with E-state index in [-0.39, 0.29) is 12.0 Å². The van der Waals surface area contributed by atoms with Crippen molar-refractivity contribution in [3.05, 3.63) is 53.7 Å². The van der Waals surface area contributed by atoms with Crippen molar-refractivity contribution in [3.8, 4) is 16.9 Å². The Bertz CT molecular complexity index is 1060. The molecule has 1 amide bonds. The molecule has 1 saturated heterocycles. The Morgan fingerprint density at radius 2 is 1.80 bits per heavy atom. The minimum absolute atomic E-state index is 0.102. The van der Waals surface area contributed by atoms with Gasteiger partial charge in [0.1, 0.15) is 5.75 Å². The maximum absolute atomic E-state index is 12.2. The van der Waals surface area contributed by atoms with Crippen LogP contribution in [0.15, 0.2) is 42.6 Å². The number of nitrogens with one attached hydrogen (secondary N) is 1. The zero-order chi connectivity index (χ0) is 21.5. The molecule has 0 bridgehead atoms. The second kappa shape index (κ2) is 7.98. The second-order valence-electron chi connectivity index (χ2n) is 8.23. The first-order valence-corrected chi connectivity index (χ1v) is 12.1. The van der Waals surface area contributed by atoms with E-state index in [4.69, 9.17) is 10.5 Å². The molecule has 5 N–H and O–H groups in total. The molecule has 0 unspecified atom stereocenters. The van der Waals surface area contributed by atoms with Crippen LogP contribution in [-0.4, -0.2) is 37.6 Å². The molecule has 1 fully saturated rings. The number of benzene rings is 2. The molecule has 7 heteroatoms. The first kappa shape index (κ1) is 20.8. The molecular weight excluding hydrogens is 400 g/mol. The topological polar surface area (TPSA) is 109 Å². The number of hydrogen-bond acceptors (Lipinski definition) is 4. The molecule has 3 aromatic rings. The van der Waals surface area contributed by atoms with E-state index in [9.17, 15) is 13.9 Å². The van der Waals surface area contributed by atoms with Crippen molar-refractivity contribution in [2.24, 2.45) is 5.73 Å². The lowest BCUT2D eigenvalue weighted by Gasteiger charge is -2.39. The van der Waals surface area contributed by atoms with E-state index in [2.05, 4.69) is 11.1 Å². The third kappa shape index (κ3) is 4.19. The SMILES string of the molecule is CC(C)Oc1ccc(-c2cc(C(N)=O)c3[nH]cc(C4CCS(O)(O)CC4)c3c2)cc1. The summed E-state index contributed by atoms with van der Waals surface area (Å²) < 4.78 is 25.6. The van der Waals surface area contributed by atoms with Gasteiger partial charge in [0.25, 0.3) is 5.91 Å². The summed E-state index contributed by atoms with van der Waals surface area (Å²) in [5.74, 6) is 1.38. The van der Waals surface area contributed by atoms with Gasteiger partial charge in [-0.2, -0.15) is 10.6 Å². The van der Waals surface area contributed by atoms with Gasteiger partial charge in [-0.3, -0.25) is 13.9 Å². The number of ether oxygens (including phenoxy) is 1. The number of fused-ring (bicyclic) bond motifs is 1. The van der Waals surface area contributed by atoms with Gasteiger partial charge in [-0.15, -0.1) is 0 Å². The number of carbonyl (C=O) groups is 1. The van der Waals surface area contributed by atoms with Crippen molar-refractivity contribution in [1.29, 1.82) is 0 Å². The number of hydrogen-bond donors (Lipinski definition) is 4. The van der Waals surface area contributed by atoms with Gasteiger partial charge in [0.05, 0.1) is 17.2 Å². The summed E-state index contributed by atoms with van der Waals surface area (Å²) in [7, 11) is -2.44. The number of rotatable bonds is 5. The van der Waals surface area contributed by atoms with Crippen LogP contribution >= 0.6 is 10.6 Å². The van der Waals surface area contributed by atoms with Crippen LogP contribution < -0.4 is 10.5 Å². The lowest BCUT2D eigenvalue weighted by Crippen LogP contribution is -2.19. The highest BCUT2D eigenvalue weighted by atomic mass is 32.3. The lowest BCUT2D eigenvalue weighted by molar-refractivity contribution is 0.100. The van der Waals surface area contributed by atoms with E-state index in [0.717, 1.165) is 33.3 Å². The molecule has 0 atom stereocenters. The highest BCUT2D eigenvalue weighted by Gasteiger charge is 2.27. The van der Waals surface area contributed by atoms with Gasteiger partial charge in [0.15, 0.2) is 0 Å². The van der Waals surface area contributed by atoms with Crippen LogP contribution in [0.5, 0.6) is 5.75 Å². The van der Waals surface area contributed by atoms with Crippen molar-refractivity contribution >= 4 is 27.4 Å². The van der Waals surface area contributed by atoms with Gasteiger partial charge in [-0.1, -0.05) is 12.1 Å². The molecular formula is C23H28N2O4S. The minimum atomic E-state index is -2.44. The Hall–Kier alpha value is -2.48. The Morgan fingerprint density at radius 3 is 2.40 bits per heavy atom. The van der Waals surface area contributed by atoms with Gasteiger partial charge in [0.2, 0.25) is 0 Å². The van der Waals surface area contributed by atoms with Crippen LogP contribution in [0.3, 0.4) is 0 Å². The third-order valence-electron chi connectivity index (χ3n) is 5.67. The summed E-state index contributed by atoms with van der Waals surface area (Å²) in [5.41, 5.74) is 9.86. The number of carbonyl (C=O) groups excluding carboxylic acids is 1. The summed E-state index contributed by atoms with van der Waals surface area (Å²) in [6.07, 6.45) is 3.46. The second-order valence-corrected chi connectivity index (χ2v) is 10.7. The fourth-order valence-corrected chi connectivity index (χ4v) is 5.70. The molecule has 1 aliphatic heterocycles. The van der Waals surface area contributed by atoms with E-state index >= 15 is 0 Å². The molecule has 1 aliphatic rings. The number of aromatic nitrogens is 1. The third-order valence-corrected chi connectivity index (χ3v) is 7.45. The average molecular weight is 429 g/mol. The quantitative estimate of drug-likeness (QED) is 0.439. The summed E-state index contributed by atoms with van der Waals surface area (Å²) in [6, 6.07) is 11.7. The zero-order valence-corrected chi connectivity index (χ0v) is 18.0. The lowest BCUT2D eigenvalue weighted by atomic mass is 9.91. The number of H-pyrrole nitrogens is 1.